The average Bonchev–Trinajstić information content (AvgIpc) is 2.95. The highest BCUT2D eigenvalue weighted by Gasteiger charge is 2.53. The Morgan fingerprint density at radius 1 is 1.38 bits per heavy atom. The largest absolute Gasteiger partial charge is 0.458 e. The smallest absolute Gasteiger partial charge is 0.331 e. The lowest BCUT2D eigenvalue weighted by molar-refractivity contribution is -0.147. The predicted molar refractivity (Wildman–Crippen MR) is 100 cm³/mol. The zero-order valence-electron chi connectivity index (χ0n) is 16.6. The van der Waals surface area contributed by atoms with E-state index in [1.54, 1.807) is 0 Å². The van der Waals surface area contributed by atoms with Crippen LogP contribution in [0.3, 0.4) is 0 Å². The number of hydrogen-bond acceptors (Lipinski definition) is 4. The number of rotatable bonds is 4. The number of carbonyl (C=O) groups is 2. The fourth-order valence-electron chi connectivity index (χ4n) is 5.97. The Morgan fingerprint density at radius 3 is 2.73 bits per heavy atom. The molecule has 3 rings (SSSR count). The summed E-state index contributed by atoms with van der Waals surface area (Å²) in [5, 5.41) is 0. The van der Waals surface area contributed by atoms with Gasteiger partial charge in [0.2, 0.25) is 0 Å². The van der Waals surface area contributed by atoms with Crippen molar-refractivity contribution in [3.05, 3.63) is 23.8 Å². The van der Waals surface area contributed by atoms with Crippen LogP contribution >= 0.6 is 0 Å². The van der Waals surface area contributed by atoms with E-state index in [4.69, 9.17) is 9.47 Å². The van der Waals surface area contributed by atoms with Gasteiger partial charge in [-0.25, -0.2) is 4.79 Å². The molecule has 4 nitrogen and oxygen atoms in total. The molecule has 0 amide bonds. The molecule has 1 aliphatic heterocycles. The van der Waals surface area contributed by atoms with Crippen molar-refractivity contribution in [1.29, 1.82) is 0 Å². The molecule has 2 aliphatic carbocycles. The lowest BCUT2D eigenvalue weighted by Gasteiger charge is -2.58. The van der Waals surface area contributed by atoms with E-state index < -0.39 is 6.10 Å². The second-order valence-corrected chi connectivity index (χ2v) is 9.31. The molecule has 0 bridgehead atoms. The van der Waals surface area contributed by atoms with E-state index in [1.165, 1.54) is 44.3 Å². The first-order valence-corrected chi connectivity index (χ1v) is 9.85. The van der Waals surface area contributed by atoms with Gasteiger partial charge in [0, 0.05) is 18.6 Å². The highest BCUT2D eigenvalue weighted by Crippen LogP contribution is 2.61. The van der Waals surface area contributed by atoms with Crippen LogP contribution in [0, 0.1) is 22.7 Å². The maximum atomic E-state index is 11.7. The molecule has 3 aliphatic rings. The summed E-state index contributed by atoms with van der Waals surface area (Å²) in [5.41, 5.74) is 2.54. The van der Waals surface area contributed by atoms with Gasteiger partial charge in [-0.3, -0.25) is 4.79 Å². The molecule has 0 N–H and O–H groups in total. The van der Waals surface area contributed by atoms with Gasteiger partial charge < -0.3 is 9.47 Å². The van der Waals surface area contributed by atoms with E-state index in [9.17, 15) is 9.59 Å². The summed E-state index contributed by atoms with van der Waals surface area (Å²) in [7, 11) is 0. The molecule has 0 unspecified atom stereocenters. The molecule has 0 spiro atoms. The van der Waals surface area contributed by atoms with E-state index in [0.717, 1.165) is 12.0 Å². The van der Waals surface area contributed by atoms with Crippen molar-refractivity contribution in [3.63, 3.8) is 0 Å². The first-order chi connectivity index (χ1) is 12.1. The van der Waals surface area contributed by atoms with Crippen LogP contribution in [0.1, 0.15) is 66.2 Å². The summed E-state index contributed by atoms with van der Waals surface area (Å²) in [4.78, 5) is 23.2. The van der Waals surface area contributed by atoms with Crippen molar-refractivity contribution < 1.29 is 19.1 Å². The fourth-order valence-corrected chi connectivity index (χ4v) is 5.97. The van der Waals surface area contributed by atoms with Crippen LogP contribution in [0.4, 0.5) is 0 Å². The van der Waals surface area contributed by atoms with Gasteiger partial charge in [0.15, 0.2) is 0 Å². The van der Waals surface area contributed by atoms with Crippen LogP contribution in [0.15, 0.2) is 23.8 Å². The van der Waals surface area contributed by atoms with E-state index in [-0.39, 0.29) is 24.0 Å². The first-order valence-electron chi connectivity index (χ1n) is 9.85. The third kappa shape index (κ3) is 3.47. The van der Waals surface area contributed by atoms with Gasteiger partial charge in [-0.1, -0.05) is 39.3 Å². The Bertz CT molecular complexity index is 645. The Morgan fingerprint density at radius 2 is 2.12 bits per heavy atom. The van der Waals surface area contributed by atoms with Crippen molar-refractivity contribution in [1.82, 2.24) is 0 Å². The average molecular weight is 360 g/mol. The lowest BCUT2D eigenvalue weighted by atomic mass is 9.47. The quantitative estimate of drug-likeness (QED) is 0.543. The van der Waals surface area contributed by atoms with Crippen LogP contribution < -0.4 is 0 Å². The fraction of sp³-hybridized carbons (Fsp3) is 0.727. The van der Waals surface area contributed by atoms with Gasteiger partial charge in [-0.15, -0.1) is 0 Å². The van der Waals surface area contributed by atoms with Crippen LogP contribution in [0.25, 0.3) is 0 Å². The molecule has 0 aromatic carbocycles. The molecule has 26 heavy (non-hydrogen) atoms. The summed E-state index contributed by atoms with van der Waals surface area (Å²) in [6.07, 6.45) is 7.71. The second kappa shape index (κ2) is 6.86. The van der Waals surface area contributed by atoms with Crippen molar-refractivity contribution in [2.45, 2.75) is 72.3 Å². The molecule has 0 aromatic rings. The zero-order valence-corrected chi connectivity index (χ0v) is 16.6. The Hall–Kier alpha value is -1.58. The van der Waals surface area contributed by atoms with E-state index >= 15 is 0 Å². The zero-order chi connectivity index (χ0) is 19.1. The number of allylic oxidation sites excluding steroid dienone is 1. The van der Waals surface area contributed by atoms with Gasteiger partial charge in [0.25, 0.3) is 0 Å². The summed E-state index contributed by atoms with van der Waals surface area (Å²) < 4.78 is 10.7. The minimum absolute atomic E-state index is 0.166. The van der Waals surface area contributed by atoms with Crippen LogP contribution in [0.5, 0.6) is 0 Å². The monoisotopic (exact) mass is 360 g/mol. The van der Waals surface area contributed by atoms with Gasteiger partial charge in [-0.2, -0.15) is 0 Å². The number of carbonyl (C=O) groups excluding carboxylic acids is 2. The van der Waals surface area contributed by atoms with E-state index in [0.29, 0.717) is 23.7 Å². The summed E-state index contributed by atoms with van der Waals surface area (Å²) >= 11 is 0. The standard InChI is InChI=1S/C22H32O4/c1-14-7-8-19-21(3,4)9-6-10-22(19,5)17(14)12-18(26-15(2)23)16-11-20(24)25-13-16/h11,17-19H,1,6-10,12-13H2,2-5H3/t17-,18-,19-,22+/m0/s1. The van der Waals surface area contributed by atoms with Crippen LogP contribution in [-0.4, -0.2) is 24.6 Å². The third-order valence-electron chi connectivity index (χ3n) is 7.17. The number of ether oxygens (including phenoxy) is 2. The van der Waals surface area contributed by atoms with Gasteiger partial charge in [0.1, 0.15) is 12.7 Å². The summed E-state index contributed by atoms with van der Waals surface area (Å²) in [6.45, 7) is 13.2. The number of fused-ring (bicyclic) bond motifs is 1. The van der Waals surface area contributed by atoms with E-state index in [1.807, 2.05) is 0 Å². The number of esters is 2. The minimum Gasteiger partial charge on any atom is -0.458 e. The maximum Gasteiger partial charge on any atom is 0.331 e. The molecule has 0 saturated heterocycles. The predicted octanol–water partition coefficient (Wildman–Crippen LogP) is 4.59. The third-order valence-corrected chi connectivity index (χ3v) is 7.17. The highest BCUT2D eigenvalue weighted by atomic mass is 16.6. The molecule has 0 radical (unpaired) electrons. The first kappa shape index (κ1) is 19.2. The van der Waals surface area contributed by atoms with Crippen molar-refractivity contribution in [2.24, 2.45) is 22.7 Å². The minimum atomic E-state index is -0.402. The lowest BCUT2D eigenvalue weighted by Crippen LogP contribution is -2.50. The molecule has 1 heterocycles. The molecule has 144 valence electrons. The van der Waals surface area contributed by atoms with Gasteiger partial charge in [0.05, 0.1) is 0 Å². The summed E-state index contributed by atoms with van der Waals surface area (Å²) in [5.74, 6) is 0.277. The molecule has 4 atom stereocenters. The Labute approximate surface area is 157 Å². The Kier molecular flexibility index (Phi) is 5.06. The van der Waals surface area contributed by atoms with Gasteiger partial charge in [-0.05, 0) is 54.8 Å². The number of cyclic esters (lactones) is 1. The molecule has 2 fully saturated rings. The second-order valence-electron chi connectivity index (χ2n) is 9.31. The normalized spacial score (nSPS) is 34.5. The molecular formula is C22H32O4. The highest BCUT2D eigenvalue weighted by molar-refractivity contribution is 5.85. The molecular weight excluding hydrogens is 328 g/mol. The topological polar surface area (TPSA) is 52.6 Å². The molecule has 0 aromatic heterocycles. The SMILES string of the molecule is C=C1CC[C@H]2C(C)(C)CCC[C@]2(C)[C@H]1C[C@H](OC(C)=O)C1=CC(=O)OC1. The Balaban J connectivity index is 1.89. The molecule has 2 saturated carbocycles. The molecule has 4 heteroatoms. The number of hydrogen-bond donors (Lipinski definition) is 0. The van der Waals surface area contributed by atoms with Crippen LogP contribution in [0.2, 0.25) is 0 Å². The van der Waals surface area contributed by atoms with Crippen molar-refractivity contribution >= 4 is 11.9 Å². The van der Waals surface area contributed by atoms with E-state index in [2.05, 4.69) is 27.4 Å². The maximum absolute atomic E-state index is 11.7. The summed E-state index contributed by atoms with van der Waals surface area (Å²) in [6, 6.07) is 0. The van der Waals surface area contributed by atoms with Crippen molar-refractivity contribution in [2.75, 3.05) is 6.61 Å². The van der Waals surface area contributed by atoms with Gasteiger partial charge >= 0.3 is 11.9 Å². The van der Waals surface area contributed by atoms with Crippen molar-refractivity contribution in [3.8, 4) is 0 Å². The van der Waals surface area contributed by atoms with Crippen LogP contribution in [-0.2, 0) is 19.1 Å².